The molecule has 7 heteroatoms. The van der Waals surface area contributed by atoms with Crippen LogP contribution >= 0.6 is 11.6 Å². The fourth-order valence-corrected chi connectivity index (χ4v) is 2.62. The van der Waals surface area contributed by atoms with Crippen LogP contribution in [0.5, 0.6) is 0 Å². The van der Waals surface area contributed by atoms with E-state index in [0.717, 1.165) is 0 Å². The lowest BCUT2D eigenvalue weighted by Gasteiger charge is -2.10. The van der Waals surface area contributed by atoms with Crippen molar-refractivity contribution >= 4 is 28.3 Å². The number of fused-ring (bicyclic) bond motifs is 1. The summed E-state index contributed by atoms with van der Waals surface area (Å²) in [5.41, 5.74) is 1.14. The van der Waals surface area contributed by atoms with Gasteiger partial charge in [-0.3, -0.25) is 18.8 Å². The number of carbonyl (C=O) groups excluding carboxylic acids is 1. The van der Waals surface area contributed by atoms with Crippen molar-refractivity contribution in [2.45, 2.75) is 6.92 Å². The molecule has 1 aromatic carbocycles. The number of nitrogens with zero attached hydrogens (tertiary/aromatic N) is 4. The Morgan fingerprint density at radius 2 is 2.00 bits per heavy atom. The largest absolute Gasteiger partial charge is 0.295 e. The molecule has 3 aromatic rings. The summed E-state index contributed by atoms with van der Waals surface area (Å²) in [7, 11) is 3.41. The summed E-state index contributed by atoms with van der Waals surface area (Å²) in [5, 5.41) is 4.75. The van der Waals surface area contributed by atoms with E-state index in [9.17, 15) is 9.59 Å². The Morgan fingerprint density at radius 1 is 1.27 bits per heavy atom. The maximum absolute atomic E-state index is 12.6. The Bertz CT molecular complexity index is 972. The Hall–Kier alpha value is -2.47. The normalized spacial score (nSPS) is 11.1. The topological polar surface area (TPSA) is 69.8 Å². The first kappa shape index (κ1) is 14.5. The van der Waals surface area contributed by atoms with E-state index in [-0.39, 0.29) is 11.3 Å². The summed E-state index contributed by atoms with van der Waals surface area (Å²) >= 11 is 6.01. The molecule has 0 bridgehead atoms. The average Bonchev–Trinajstić information content (AvgIpc) is 2.88. The van der Waals surface area contributed by atoms with Gasteiger partial charge >= 0.3 is 0 Å². The van der Waals surface area contributed by atoms with Gasteiger partial charge in [-0.2, -0.15) is 5.10 Å². The quantitative estimate of drug-likeness (QED) is 0.680. The highest BCUT2D eigenvalue weighted by Gasteiger charge is 2.16. The fraction of sp³-hybridized carbons (Fsp3) is 0.200. The van der Waals surface area contributed by atoms with Gasteiger partial charge in [0.1, 0.15) is 5.82 Å². The molecule has 0 saturated carbocycles. The third-order valence-electron chi connectivity index (χ3n) is 3.49. The van der Waals surface area contributed by atoms with Gasteiger partial charge in [-0.15, -0.1) is 0 Å². The lowest BCUT2D eigenvalue weighted by Crippen LogP contribution is -2.21. The van der Waals surface area contributed by atoms with Crippen LogP contribution < -0.4 is 5.56 Å². The van der Waals surface area contributed by atoms with Gasteiger partial charge in [0.15, 0.2) is 5.78 Å². The molecule has 0 aliphatic rings. The van der Waals surface area contributed by atoms with Crippen molar-refractivity contribution in [2.24, 2.45) is 14.1 Å². The number of Topliss-reactive ketones (excluding diaryl/α,β-unsaturated/α-hetero) is 1. The summed E-state index contributed by atoms with van der Waals surface area (Å²) in [5.74, 6) is 0.265. The molecule has 0 spiro atoms. The van der Waals surface area contributed by atoms with Crippen LogP contribution in [0.1, 0.15) is 17.3 Å². The molecule has 0 aliphatic carbocycles. The van der Waals surface area contributed by atoms with Crippen molar-refractivity contribution < 1.29 is 4.79 Å². The fourth-order valence-electron chi connectivity index (χ4n) is 2.40. The number of hydrogen-bond donors (Lipinski definition) is 0. The van der Waals surface area contributed by atoms with E-state index in [1.54, 1.807) is 31.2 Å². The van der Waals surface area contributed by atoms with Crippen LogP contribution in [0.2, 0.25) is 5.02 Å². The van der Waals surface area contributed by atoms with Crippen molar-refractivity contribution in [2.75, 3.05) is 0 Å². The Kier molecular flexibility index (Phi) is 3.33. The van der Waals surface area contributed by atoms with Crippen LogP contribution in [-0.2, 0) is 14.1 Å². The molecule has 2 aromatic heterocycles. The predicted octanol–water partition coefficient (Wildman–Crippen LogP) is 2.19. The van der Waals surface area contributed by atoms with Gasteiger partial charge in [0.05, 0.1) is 22.7 Å². The molecule has 0 N–H and O–H groups in total. The van der Waals surface area contributed by atoms with E-state index in [1.807, 2.05) is 0 Å². The summed E-state index contributed by atoms with van der Waals surface area (Å²) in [6.07, 6.45) is 3.38. The smallest absolute Gasteiger partial charge is 0.261 e. The summed E-state index contributed by atoms with van der Waals surface area (Å²) < 4.78 is 3.05. The predicted molar refractivity (Wildman–Crippen MR) is 84.2 cm³/mol. The van der Waals surface area contributed by atoms with Crippen molar-refractivity contribution in [3.05, 3.63) is 45.5 Å². The molecule has 0 unspecified atom stereocenters. The SMILES string of the molecule is CC(=O)c1cc(Cl)cc2c(=O)n(C)c(-c3cnn(C)c3)nc12. The van der Waals surface area contributed by atoms with Gasteiger partial charge in [0.25, 0.3) is 5.56 Å². The zero-order chi connectivity index (χ0) is 16.0. The van der Waals surface area contributed by atoms with Gasteiger partial charge < -0.3 is 0 Å². The summed E-state index contributed by atoms with van der Waals surface area (Å²) in [6, 6.07) is 3.07. The summed E-state index contributed by atoms with van der Waals surface area (Å²) in [6.45, 7) is 1.42. The number of halogens is 1. The highest BCUT2D eigenvalue weighted by Crippen LogP contribution is 2.24. The van der Waals surface area contributed by atoms with Crippen LogP contribution in [0, 0.1) is 0 Å². The van der Waals surface area contributed by atoms with Gasteiger partial charge in [0, 0.05) is 30.9 Å². The minimum Gasteiger partial charge on any atom is -0.295 e. The van der Waals surface area contributed by atoms with E-state index in [1.165, 1.54) is 23.6 Å². The molecule has 22 heavy (non-hydrogen) atoms. The van der Waals surface area contributed by atoms with Crippen LogP contribution in [0.25, 0.3) is 22.3 Å². The first-order valence-corrected chi connectivity index (χ1v) is 6.96. The third-order valence-corrected chi connectivity index (χ3v) is 3.71. The zero-order valence-electron chi connectivity index (χ0n) is 12.3. The zero-order valence-corrected chi connectivity index (χ0v) is 13.0. The molecule has 112 valence electrons. The molecule has 0 radical (unpaired) electrons. The van der Waals surface area contributed by atoms with E-state index < -0.39 is 0 Å². The standard InChI is InChI=1S/C15H13ClN4O2/c1-8(21)11-4-10(16)5-12-13(11)18-14(20(3)15(12)22)9-6-17-19(2)7-9/h4-7H,1-3H3. The molecular formula is C15H13ClN4O2. The average molecular weight is 317 g/mol. The maximum Gasteiger partial charge on any atom is 0.261 e. The highest BCUT2D eigenvalue weighted by atomic mass is 35.5. The van der Waals surface area contributed by atoms with Crippen molar-refractivity contribution in [3.63, 3.8) is 0 Å². The minimum atomic E-state index is -0.256. The number of benzene rings is 1. The van der Waals surface area contributed by atoms with E-state index in [4.69, 9.17) is 11.6 Å². The van der Waals surface area contributed by atoms with Gasteiger partial charge in [-0.1, -0.05) is 11.6 Å². The van der Waals surface area contributed by atoms with E-state index >= 15 is 0 Å². The number of rotatable bonds is 2. The number of hydrogen-bond acceptors (Lipinski definition) is 4. The monoisotopic (exact) mass is 316 g/mol. The molecule has 2 heterocycles. The van der Waals surface area contributed by atoms with Crippen LogP contribution in [0.4, 0.5) is 0 Å². The Balaban J connectivity index is 2.45. The Morgan fingerprint density at radius 3 is 2.59 bits per heavy atom. The molecule has 0 amide bonds. The number of aromatic nitrogens is 4. The lowest BCUT2D eigenvalue weighted by atomic mass is 10.1. The number of aryl methyl sites for hydroxylation is 1. The molecular weight excluding hydrogens is 304 g/mol. The van der Waals surface area contributed by atoms with Crippen molar-refractivity contribution in [1.82, 2.24) is 19.3 Å². The number of carbonyl (C=O) groups is 1. The van der Waals surface area contributed by atoms with Crippen LogP contribution in [0.3, 0.4) is 0 Å². The molecule has 6 nitrogen and oxygen atoms in total. The molecule has 0 saturated heterocycles. The second kappa shape index (κ2) is 5.06. The van der Waals surface area contributed by atoms with Gasteiger partial charge in [-0.25, -0.2) is 4.98 Å². The molecule has 0 atom stereocenters. The molecule has 0 aliphatic heterocycles. The third kappa shape index (κ3) is 2.21. The minimum absolute atomic E-state index is 0.189. The van der Waals surface area contributed by atoms with Crippen LogP contribution in [0.15, 0.2) is 29.3 Å². The van der Waals surface area contributed by atoms with Gasteiger partial charge in [-0.05, 0) is 19.1 Å². The van der Waals surface area contributed by atoms with E-state index in [2.05, 4.69) is 10.1 Å². The van der Waals surface area contributed by atoms with E-state index in [0.29, 0.717) is 32.9 Å². The maximum atomic E-state index is 12.6. The van der Waals surface area contributed by atoms with Crippen LogP contribution in [-0.4, -0.2) is 25.1 Å². The number of ketones is 1. The van der Waals surface area contributed by atoms with Crippen molar-refractivity contribution in [1.29, 1.82) is 0 Å². The molecule has 3 rings (SSSR count). The lowest BCUT2D eigenvalue weighted by molar-refractivity contribution is 0.101. The second-order valence-electron chi connectivity index (χ2n) is 5.11. The highest BCUT2D eigenvalue weighted by molar-refractivity contribution is 6.32. The van der Waals surface area contributed by atoms with Crippen molar-refractivity contribution in [3.8, 4) is 11.4 Å². The first-order valence-electron chi connectivity index (χ1n) is 6.58. The summed E-state index contributed by atoms with van der Waals surface area (Å²) in [4.78, 5) is 28.9. The second-order valence-corrected chi connectivity index (χ2v) is 5.54. The Labute approximate surface area is 131 Å². The first-order chi connectivity index (χ1) is 10.4. The van der Waals surface area contributed by atoms with Gasteiger partial charge in [0.2, 0.25) is 0 Å². The molecule has 0 fully saturated rings.